The molecule has 4 N–H and O–H groups in total. The maximum Gasteiger partial charge on any atom is 0.319 e. The number of terminal acetylenes is 1. The Labute approximate surface area is 133 Å². The zero-order valence-corrected chi connectivity index (χ0v) is 13.3. The number of carbonyl (C=O) groups excluding carboxylic acids is 1. The highest BCUT2D eigenvalue weighted by atomic mass is 79.9. The predicted octanol–water partition coefficient (Wildman–Crippen LogP) is 2.68. The fourth-order valence-electron chi connectivity index (χ4n) is 1.56. The molecule has 1 aromatic heterocycles. The Morgan fingerprint density at radius 2 is 2.19 bits per heavy atom. The second-order valence-corrected chi connectivity index (χ2v) is 5.67. The number of hydrogen-bond donors (Lipinski definition) is 4. The summed E-state index contributed by atoms with van der Waals surface area (Å²) in [5.41, 5.74) is 1.17. The molecule has 8 heteroatoms. The van der Waals surface area contributed by atoms with Crippen LogP contribution in [0, 0.1) is 12.3 Å². The van der Waals surface area contributed by atoms with E-state index in [9.17, 15) is 9.59 Å². The maximum atomic E-state index is 11.7. The minimum absolute atomic E-state index is 0.154. The second-order valence-electron chi connectivity index (χ2n) is 3.94. The number of H-pyrrole nitrogens is 1. The van der Waals surface area contributed by atoms with Crippen molar-refractivity contribution >= 4 is 49.9 Å². The molecule has 0 bridgehead atoms. The van der Waals surface area contributed by atoms with E-state index in [1.54, 1.807) is 12.1 Å². The van der Waals surface area contributed by atoms with Gasteiger partial charge in [0.15, 0.2) is 0 Å². The zero-order chi connectivity index (χ0) is 15.4. The Hall–Kier alpha value is -2.24. The average Bonchev–Trinajstić information content (AvgIpc) is 2.79. The van der Waals surface area contributed by atoms with Crippen molar-refractivity contribution in [2.75, 3.05) is 17.7 Å². The highest BCUT2D eigenvalue weighted by Crippen LogP contribution is 2.28. The van der Waals surface area contributed by atoms with Crippen LogP contribution in [0.2, 0.25) is 0 Å². The Morgan fingerprint density at radius 1 is 1.43 bits per heavy atom. The Balaban J connectivity index is 2.32. The van der Waals surface area contributed by atoms with E-state index in [0.717, 1.165) is 16.0 Å². The fourth-order valence-corrected chi connectivity index (χ4v) is 2.76. The molecule has 21 heavy (non-hydrogen) atoms. The number of rotatable bonds is 3. The molecule has 0 radical (unpaired) electrons. The van der Waals surface area contributed by atoms with Crippen LogP contribution < -0.4 is 21.5 Å². The van der Waals surface area contributed by atoms with E-state index in [1.165, 1.54) is 7.05 Å². The Kier molecular flexibility index (Phi) is 4.67. The maximum absolute atomic E-state index is 11.7. The van der Waals surface area contributed by atoms with Crippen molar-refractivity contribution in [3.63, 3.8) is 0 Å². The van der Waals surface area contributed by atoms with Crippen molar-refractivity contribution < 1.29 is 4.79 Å². The minimum atomic E-state index is -0.472. The van der Waals surface area contributed by atoms with Crippen LogP contribution in [0.5, 0.6) is 0 Å². The van der Waals surface area contributed by atoms with Crippen LogP contribution in [-0.2, 0) is 0 Å². The molecule has 0 aliphatic heterocycles. The molecule has 6 nitrogen and oxygen atoms in total. The minimum Gasteiger partial charge on any atom is -0.344 e. The van der Waals surface area contributed by atoms with E-state index in [-0.39, 0.29) is 11.2 Å². The lowest BCUT2D eigenvalue weighted by Gasteiger charge is -2.08. The van der Waals surface area contributed by atoms with Gasteiger partial charge in [-0.25, -0.2) is 4.79 Å². The van der Waals surface area contributed by atoms with Gasteiger partial charge in [0.05, 0.1) is 0 Å². The summed E-state index contributed by atoms with van der Waals surface area (Å²) in [6.45, 7) is 0. The average molecular weight is 367 g/mol. The lowest BCUT2D eigenvalue weighted by Crippen LogP contribution is -2.27. The molecule has 0 atom stereocenters. The van der Waals surface area contributed by atoms with Crippen molar-refractivity contribution in [1.29, 1.82) is 0 Å². The largest absolute Gasteiger partial charge is 0.344 e. The van der Waals surface area contributed by atoms with Crippen molar-refractivity contribution in [1.82, 2.24) is 9.69 Å². The van der Waals surface area contributed by atoms with Crippen LogP contribution in [-0.4, -0.2) is 17.5 Å². The Morgan fingerprint density at radius 3 is 2.86 bits per heavy atom. The van der Waals surface area contributed by atoms with Gasteiger partial charge >= 0.3 is 6.03 Å². The molecule has 2 aromatic rings. The molecule has 1 heterocycles. The molecule has 1 aromatic carbocycles. The van der Waals surface area contributed by atoms with Crippen LogP contribution in [0.15, 0.2) is 27.5 Å². The molecule has 0 aliphatic rings. The van der Waals surface area contributed by atoms with Gasteiger partial charge in [-0.2, -0.15) is 0 Å². The fraction of sp³-hybridized carbons (Fsp3) is 0.0769. The molecule has 0 saturated heterocycles. The van der Waals surface area contributed by atoms with E-state index >= 15 is 0 Å². The summed E-state index contributed by atoms with van der Waals surface area (Å²) in [5, 5.41) is 8.41. The molecule has 0 aliphatic carbocycles. The number of halogens is 1. The summed E-state index contributed by atoms with van der Waals surface area (Å²) in [4.78, 5) is 23.1. The van der Waals surface area contributed by atoms with E-state index < -0.39 is 6.03 Å². The van der Waals surface area contributed by atoms with Gasteiger partial charge in [0.1, 0.15) is 10.7 Å². The second kappa shape index (κ2) is 6.47. The van der Waals surface area contributed by atoms with Gasteiger partial charge < -0.3 is 16.0 Å². The van der Waals surface area contributed by atoms with Crippen molar-refractivity contribution in [3.8, 4) is 12.3 Å². The summed E-state index contributed by atoms with van der Waals surface area (Å²) in [7, 11) is 1.47. The third-order valence-electron chi connectivity index (χ3n) is 2.49. The highest BCUT2D eigenvalue weighted by Gasteiger charge is 2.13. The molecule has 2 amide bonds. The molecule has 0 unspecified atom stereocenters. The number of urea groups is 1. The third-order valence-corrected chi connectivity index (χ3v) is 3.74. The summed E-state index contributed by atoms with van der Waals surface area (Å²) in [5.74, 6) is 2.54. The first-order valence-electron chi connectivity index (χ1n) is 5.78. The monoisotopic (exact) mass is 366 g/mol. The predicted molar refractivity (Wildman–Crippen MR) is 88.4 cm³/mol. The first kappa shape index (κ1) is 15.2. The number of anilines is 3. The summed E-state index contributed by atoms with van der Waals surface area (Å²) < 4.78 is 3.37. The molecular formula is C13H11BrN4O2S. The van der Waals surface area contributed by atoms with Gasteiger partial charge in [-0.05, 0) is 29.7 Å². The normalized spacial score (nSPS) is 9.76. The molecule has 2 rings (SSSR count). The standard InChI is InChI=1S/C13H11BrN4O2S/c1-3-7-4-8(14)6-9(5-7)16-12-10(11(19)18-21-12)17-13(20)15-2/h1,4-6,16H,2H3,(H,18,19)(H2,15,17,20). The van der Waals surface area contributed by atoms with Crippen LogP contribution in [0.25, 0.3) is 0 Å². The van der Waals surface area contributed by atoms with Gasteiger partial charge in [0.25, 0.3) is 5.56 Å². The lowest BCUT2D eigenvalue weighted by atomic mass is 10.2. The number of amides is 2. The first-order chi connectivity index (χ1) is 10.0. The summed E-state index contributed by atoms with van der Waals surface area (Å²) in [6, 6.07) is 4.91. The van der Waals surface area contributed by atoms with E-state index in [1.807, 2.05) is 6.07 Å². The molecule has 0 spiro atoms. The number of nitrogens with one attached hydrogen (secondary N) is 4. The SMILES string of the molecule is C#Cc1cc(Br)cc(Nc2s[nH]c(=O)c2NC(=O)NC)c1. The van der Waals surface area contributed by atoms with E-state index in [0.29, 0.717) is 16.3 Å². The number of carbonyl (C=O) groups is 1. The van der Waals surface area contributed by atoms with Gasteiger partial charge in [-0.15, -0.1) is 6.42 Å². The van der Waals surface area contributed by atoms with Crippen LogP contribution in [0.1, 0.15) is 5.56 Å². The van der Waals surface area contributed by atoms with Crippen molar-refractivity contribution in [2.24, 2.45) is 0 Å². The summed E-state index contributed by atoms with van der Waals surface area (Å²) in [6.07, 6.45) is 5.38. The van der Waals surface area contributed by atoms with Gasteiger partial charge in [-0.3, -0.25) is 9.17 Å². The molecular weight excluding hydrogens is 356 g/mol. The van der Waals surface area contributed by atoms with Crippen LogP contribution in [0.3, 0.4) is 0 Å². The number of hydrogen-bond acceptors (Lipinski definition) is 4. The van der Waals surface area contributed by atoms with Crippen molar-refractivity contribution in [2.45, 2.75) is 0 Å². The van der Waals surface area contributed by atoms with Crippen LogP contribution in [0.4, 0.5) is 21.2 Å². The molecule has 108 valence electrons. The smallest absolute Gasteiger partial charge is 0.319 e. The van der Waals surface area contributed by atoms with Gasteiger partial charge in [0, 0.05) is 22.8 Å². The number of aromatic amines is 1. The quantitative estimate of drug-likeness (QED) is 0.630. The Bertz CT molecular complexity index is 775. The van der Waals surface area contributed by atoms with Crippen LogP contribution >= 0.6 is 27.5 Å². The zero-order valence-electron chi connectivity index (χ0n) is 10.9. The topological polar surface area (TPSA) is 86.0 Å². The van der Waals surface area contributed by atoms with Gasteiger partial charge in [-0.1, -0.05) is 21.9 Å². The summed E-state index contributed by atoms with van der Waals surface area (Å²) >= 11 is 4.45. The molecule has 0 fully saturated rings. The van der Waals surface area contributed by atoms with E-state index in [2.05, 4.69) is 42.2 Å². The molecule has 0 saturated carbocycles. The number of aromatic nitrogens is 1. The third kappa shape index (κ3) is 3.65. The first-order valence-corrected chi connectivity index (χ1v) is 7.39. The van der Waals surface area contributed by atoms with Gasteiger partial charge in [0.2, 0.25) is 0 Å². The van der Waals surface area contributed by atoms with Crippen molar-refractivity contribution in [3.05, 3.63) is 38.6 Å². The lowest BCUT2D eigenvalue weighted by molar-refractivity contribution is 0.254. The van der Waals surface area contributed by atoms with E-state index in [4.69, 9.17) is 6.42 Å². The number of benzene rings is 1. The highest BCUT2D eigenvalue weighted by molar-refractivity contribution is 9.10.